The number of pyridine rings is 2. The van der Waals surface area contributed by atoms with Crippen LogP contribution in [0, 0.1) is 12.7 Å². The minimum Gasteiger partial charge on any atom is -0.349 e. The zero-order chi connectivity index (χ0) is 22.2. The van der Waals surface area contributed by atoms with Crippen LogP contribution in [0.2, 0.25) is 0 Å². The van der Waals surface area contributed by atoms with Crippen molar-refractivity contribution in [1.82, 2.24) is 39.5 Å². The first-order valence-electron chi connectivity index (χ1n) is 10.2. The van der Waals surface area contributed by atoms with Gasteiger partial charge in [0.15, 0.2) is 0 Å². The van der Waals surface area contributed by atoms with Crippen LogP contribution in [0.3, 0.4) is 0 Å². The summed E-state index contributed by atoms with van der Waals surface area (Å²) in [6.45, 7) is 12.4. The SMILES string of the molecule is CC(C)(C)c1n[c-]n(-c2cccc(Cc3cccc(-n4[c-]nc(C(C)(C)C)n4)n3)n2)n1.[Pt+2]. The molecule has 0 aliphatic rings. The summed E-state index contributed by atoms with van der Waals surface area (Å²) in [7, 11) is 0. The molecule has 0 spiro atoms. The van der Waals surface area contributed by atoms with E-state index in [4.69, 9.17) is 9.97 Å². The molecular weight excluding hydrogens is 583 g/mol. The maximum atomic E-state index is 4.72. The summed E-state index contributed by atoms with van der Waals surface area (Å²) >= 11 is 0. The third-order valence-electron chi connectivity index (χ3n) is 4.61. The monoisotopic (exact) mass is 609 g/mol. The van der Waals surface area contributed by atoms with Gasteiger partial charge in [0.25, 0.3) is 0 Å². The number of rotatable bonds is 4. The molecule has 0 N–H and O–H groups in total. The fraction of sp³-hybridized carbons (Fsp3) is 0.391. The van der Waals surface area contributed by atoms with Crippen molar-refractivity contribution in [3.05, 3.63) is 72.1 Å². The van der Waals surface area contributed by atoms with Crippen molar-refractivity contribution in [2.45, 2.75) is 58.8 Å². The van der Waals surface area contributed by atoms with E-state index in [0.717, 1.165) is 23.0 Å². The summed E-state index contributed by atoms with van der Waals surface area (Å²) < 4.78 is 3.18. The Balaban J connectivity index is 0.00000289. The van der Waals surface area contributed by atoms with Crippen molar-refractivity contribution in [2.75, 3.05) is 0 Å². The molecule has 0 fully saturated rings. The maximum absolute atomic E-state index is 4.72. The van der Waals surface area contributed by atoms with Crippen molar-refractivity contribution < 1.29 is 21.1 Å². The second-order valence-electron chi connectivity index (χ2n) is 9.55. The van der Waals surface area contributed by atoms with Crippen LogP contribution in [0.1, 0.15) is 64.6 Å². The molecule has 4 rings (SSSR count). The van der Waals surface area contributed by atoms with E-state index < -0.39 is 0 Å². The van der Waals surface area contributed by atoms with E-state index in [-0.39, 0.29) is 31.9 Å². The smallest absolute Gasteiger partial charge is 0.349 e. The molecule has 9 heteroatoms. The van der Waals surface area contributed by atoms with E-state index in [1.165, 1.54) is 0 Å². The fourth-order valence-electron chi connectivity index (χ4n) is 2.86. The molecule has 8 nitrogen and oxygen atoms in total. The standard InChI is InChI=1S/C23H26N8.Pt/c1-22(2,3)20-24-14-30(28-20)18-11-7-9-16(26-18)13-17-10-8-12-19(27-17)31-15-25-21(29-31)23(4,5)6;/h7-12H,13H2,1-6H3;/q-2;+2. The summed E-state index contributed by atoms with van der Waals surface area (Å²) in [6.07, 6.45) is 6.41. The first-order valence-corrected chi connectivity index (χ1v) is 10.2. The average molecular weight is 610 g/mol. The second kappa shape index (κ2) is 9.02. The van der Waals surface area contributed by atoms with Crippen molar-refractivity contribution in [3.8, 4) is 11.6 Å². The number of aromatic nitrogens is 8. The van der Waals surface area contributed by atoms with Crippen molar-refractivity contribution in [1.29, 1.82) is 0 Å². The van der Waals surface area contributed by atoms with E-state index in [9.17, 15) is 0 Å². The Hall–Kier alpha value is -2.73. The molecule has 0 radical (unpaired) electrons. The van der Waals surface area contributed by atoms with Crippen molar-refractivity contribution in [3.63, 3.8) is 0 Å². The molecule has 0 saturated heterocycles. The summed E-state index contributed by atoms with van der Waals surface area (Å²) in [5.74, 6) is 2.81. The molecule has 4 aromatic rings. The molecule has 0 amide bonds. The predicted octanol–water partition coefficient (Wildman–Crippen LogP) is 3.42. The van der Waals surface area contributed by atoms with Crippen molar-refractivity contribution in [2.24, 2.45) is 0 Å². The van der Waals surface area contributed by atoms with Gasteiger partial charge in [-0.2, -0.15) is 0 Å². The Kier molecular flexibility index (Phi) is 6.74. The topological polar surface area (TPSA) is 87.2 Å². The van der Waals surface area contributed by atoms with Gasteiger partial charge in [-0.05, 0) is 23.0 Å². The van der Waals surface area contributed by atoms with Crippen LogP contribution in [0.15, 0.2) is 36.4 Å². The van der Waals surface area contributed by atoms with E-state index >= 15 is 0 Å². The summed E-state index contributed by atoms with van der Waals surface area (Å²) in [4.78, 5) is 18.0. The maximum Gasteiger partial charge on any atom is 2.00 e. The first-order chi connectivity index (χ1) is 14.6. The van der Waals surface area contributed by atoms with Gasteiger partial charge in [-0.25, -0.2) is 10.2 Å². The number of nitrogens with zero attached hydrogens (tertiary/aromatic N) is 8. The zero-order valence-electron chi connectivity index (χ0n) is 19.1. The normalized spacial score (nSPS) is 11.9. The number of hydrogen-bond acceptors (Lipinski definition) is 6. The van der Waals surface area contributed by atoms with Gasteiger partial charge in [0.2, 0.25) is 0 Å². The van der Waals surface area contributed by atoms with Crippen LogP contribution < -0.4 is 0 Å². The molecule has 0 unspecified atom stereocenters. The molecule has 0 aliphatic heterocycles. The molecule has 0 saturated carbocycles. The molecule has 0 aromatic carbocycles. The Morgan fingerprint density at radius 3 is 1.44 bits per heavy atom. The minimum atomic E-state index is -0.144. The number of hydrogen-bond donors (Lipinski definition) is 0. The molecule has 0 bridgehead atoms. The van der Waals surface area contributed by atoms with Crippen LogP contribution in [-0.4, -0.2) is 39.5 Å². The molecule has 4 heterocycles. The molecule has 168 valence electrons. The van der Waals surface area contributed by atoms with Crippen LogP contribution in [0.4, 0.5) is 0 Å². The largest absolute Gasteiger partial charge is 2.00 e. The minimum absolute atomic E-state index is 0. The molecule has 32 heavy (non-hydrogen) atoms. The summed E-state index contributed by atoms with van der Waals surface area (Å²) in [5.41, 5.74) is 1.46. The molecular formula is C23H26N8Pt. The second-order valence-corrected chi connectivity index (χ2v) is 9.55. The van der Waals surface area contributed by atoms with Crippen molar-refractivity contribution >= 4 is 0 Å². The summed E-state index contributed by atoms with van der Waals surface area (Å²) in [5, 5.41) is 9.05. The Labute approximate surface area is 202 Å². The van der Waals surface area contributed by atoms with Gasteiger partial charge in [-0.1, -0.05) is 65.8 Å². The Morgan fingerprint density at radius 2 is 1.09 bits per heavy atom. The molecule has 0 atom stereocenters. The Morgan fingerprint density at radius 1 is 0.688 bits per heavy atom. The van der Waals surface area contributed by atoms with Gasteiger partial charge < -0.3 is 19.3 Å². The van der Waals surface area contributed by atoms with Gasteiger partial charge in [0, 0.05) is 30.5 Å². The Bertz CT molecular complexity index is 1100. The quantitative estimate of drug-likeness (QED) is 0.330. The summed E-state index contributed by atoms with van der Waals surface area (Å²) in [6, 6.07) is 11.6. The zero-order valence-corrected chi connectivity index (χ0v) is 21.3. The first kappa shape index (κ1) is 23.9. The fourth-order valence-corrected chi connectivity index (χ4v) is 2.86. The van der Waals surface area contributed by atoms with E-state index in [2.05, 4.69) is 74.4 Å². The van der Waals surface area contributed by atoms with Crippen LogP contribution >= 0.6 is 0 Å². The van der Waals surface area contributed by atoms with E-state index in [1.807, 2.05) is 36.4 Å². The van der Waals surface area contributed by atoms with Gasteiger partial charge >= 0.3 is 21.1 Å². The average Bonchev–Trinajstić information content (AvgIpc) is 3.38. The molecule has 0 aliphatic carbocycles. The van der Waals surface area contributed by atoms with Crippen LogP contribution in [0.5, 0.6) is 0 Å². The molecule has 4 aromatic heterocycles. The van der Waals surface area contributed by atoms with E-state index in [1.54, 1.807) is 9.36 Å². The van der Waals surface area contributed by atoms with E-state index in [0.29, 0.717) is 18.1 Å². The third kappa shape index (κ3) is 5.36. The van der Waals surface area contributed by atoms with Gasteiger partial charge in [0.05, 0.1) is 23.3 Å². The third-order valence-corrected chi connectivity index (χ3v) is 4.61. The van der Waals surface area contributed by atoms with Crippen LogP contribution in [-0.2, 0) is 38.3 Å². The predicted molar refractivity (Wildman–Crippen MR) is 116 cm³/mol. The van der Waals surface area contributed by atoms with Crippen LogP contribution in [0.25, 0.3) is 11.6 Å². The van der Waals surface area contributed by atoms with Gasteiger partial charge in [-0.3, -0.25) is 9.97 Å². The van der Waals surface area contributed by atoms with Gasteiger partial charge in [-0.15, -0.1) is 0 Å². The van der Waals surface area contributed by atoms with Gasteiger partial charge in [0.1, 0.15) is 0 Å².